The zero-order valence-electron chi connectivity index (χ0n) is 11.3. The molecule has 0 fully saturated rings. The van der Waals surface area contributed by atoms with E-state index in [0.29, 0.717) is 6.61 Å². The predicted octanol–water partition coefficient (Wildman–Crippen LogP) is 3.86. The lowest BCUT2D eigenvalue weighted by molar-refractivity contribution is 0.109. The van der Waals surface area contributed by atoms with Gasteiger partial charge in [0.25, 0.3) is 0 Å². The van der Waals surface area contributed by atoms with E-state index in [0.717, 1.165) is 57.6 Å². The maximum absolute atomic E-state index is 5.54. The first-order valence-electron chi connectivity index (χ1n) is 6.75. The van der Waals surface area contributed by atoms with Crippen LogP contribution in [0.2, 0.25) is 0 Å². The highest BCUT2D eigenvalue weighted by atomic mass is 79.9. The zero-order valence-corrected chi connectivity index (χ0v) is 13.7. The fraction of sp³-hybridized carbons (Fsp3) is 0.429. The van der Waals surface area contributed by atoms with Gasteiger partial charge in [-0.25, -0.2) is 9.97 Å². The first kappa shape index (κ1) is 14.0. The predicted molar refractivity (Wildman–Crippen MR) is 85.2 cm³/mol. The number of rotatable bonds is 4. The second-order valence-electron chi connectivity index (χ2n) is 4.65. The van der Waals surface area contributed by atoms with Crippen LogP contribution in [0.25, 0.3) is 10.7 Å². The molecule has 0 amide bonds. The molecule has 106 valence electrons. The van der Waals surface area contributed by atoms with Gasteiger partial charge in [-0.3, -0.25) is 0 Å². The molecule has 1 aliphatic rings. The molecule has 0 atom stereocenters. The van der Waals surface area contributed by atoms with E-state index in [1.54, 1.807) is 11.3 Å². The summed E-state index contributed by atoms with van der Waals surface area (Å²) in [5.41, 5.74) is 2.23. The molecule has 4 nitrogen and oxygen atoms in total. The molecule has 1 aliphatic heterocycles. The van der Waals surface area contributed by atoms with Crippen LogP contribution in [0.1, 0.15) is 24.6 Å². The quantitative estimate of drug-likeness (QED) is 0.906. The van der Waals surface area contributed by atoms with Crippen molar-refractivity contribution in [1.29, 1.82) is 0 Å². The second kappa shape index (κ2) is 6.20. The standard InChI is InChI=1S/C14H16BrN3OS/c1-2-6-16-13-9-8-19-7-5-10(9)17-14(18-13)11-3-4-12(15)20-11/h3-4H,2,5-8H2,1H3,(H,16,17,18). The molecule has 0 radical (unpaired) electrons. The van der Waals surface area contributed by atoms with Gasteiger partial charge in [0.15, 0.2) is 5.82 Å². The van der Waals surface area contributed by atoms with E-state index in [1.165, 1.54) is 0 Å². The highest BCUT2D eigenvalue weighted by molar-refractivity contribution is 9.11. The summed E-state index contributed by atoms with van der Waals surface area (Å²) in [5, 5.41) is 3.40. The van der Waals surface area contributed by atoms with Gasteiger partial charge in [0.1, 0.15) is 5.82 Å². The Morgan fingerprint density at radius 2 is 2.30 bits per heavy atom. The Morgan fingerprint density at radius 3 is 3.05 bits per heavy atom. The van der Waals surface area contributed by atoms with E-state index in [4.69, 9.17) is 14.7 Å². The minimum atomic E-state index is 0.607. The molecule has 0 bridgehead atoms. The van der Waals surface area contributed by atoms with Gasteiger partial charge < -0.3 is 10.1 Å². The number of hydrogen-bond acceptors (Lipinski definition) is 5. The summed E-state index contributed by atoms with van der Waals surface area (Å²) in [6.07, 6.45) is 1.93. The topological polar surface area (TPSA) is 47.0 Å². The van der Waals surface area contributed by atoms with Crippen LogP contribution in [-0.2, 0) is 17.8 Å². The first-order valence-corrected chi connectivity index (χ1v) is 8.36. The third-order valence-corrected chi connectivity index (χ3v) is 4.78. The van der Waals surface area contributed by atoms with Crippen molar-refractivity contribution in [3.63, 3.8) is 0 Å². The lowest BCUT2D eigenvalue weighted by atomic mass is 10.1. The van der Waals surface area contributed by atoms with Crippen LogP contribution in [-0.4, -0.2) is 23.1 Å². The maximum atomic E-state index is 5.54. The summed E-state index contributed by atoms with van der Waals surface area (Å²) in [6.45, 7) is 4.41. The minimum Gasteiger partial charge on any atom is -0.376 e. The van der Waals surface area contributed by atoms with Gasteiger partial charge in [0.05, 0.1) is 27.6 Å². The molecule has 0 aromatic carbocycles. The Labute approximate surface area is 130 Å². The maximum Gasteiger partial charge on any atom is 0.171 e. The number of thiophene rings is 1. The third kappa shape index (κ3) is 2.87. The van der Waals surface area contributed by atoms with E-state index in [1.807, 2.05) is 6.07 Å². The number of hydrogen-bond donors (Lipinski definition) is 1. The molecule has 0 saturated carbocycles. The summed E-state index contributed by atoms with van der Waals surface area (Å²) in [7, 11) is 0. The number of aromatic nitrogens is 2. The van der Waals surface area contributed by atoms with Crippen LogP contribution in [0.15, 0.2) is 15.9 Å². The lowest BCUT2D eigenvalue weighted by Gasteiger charge is -2.19. The van der Waals surface area contributed by atoms with Crippen LogP contribution < -0.4 is 5.32 Å². The Bertz CT molecular complexity index is 614. The SMILES string of the molecule is CCCNc1nc(-c2ccc(Br)s2)nc2c1COCC2. The molecule has 20 heavy (non-hydrogen) atoms. The van der Waals surface area contributed by atoms with Crippen molar-refractivity contribution >= 4 is 33.1 Å². The van der Waals surface area contributed by atoms with E-state index < -0.39 is 0 Å². The van der Waals surface area contributed by atoms with Crippen molar-refractivity contribution in [1.82, 2.24) is 9.97 Å². The number of nitrogens with zero attached hydrogens (tertiary/aromatic N) is 2. The average Bonchev–Trinajstić information content (AvgIpc) is 2.91. The monoisotopic (exact) mass is 353 g/mol. The highest BCUT2D eigenvalue weighted by Gasteiger charge is 2.19. The van der Waals surface area contributed by atoms with Gasteiger partial charge in [0, 0.05) is 18.5 Å². The summed E-state index contributed by atoms with van der Waals surface area (Å²) in [4.78, 5) is 10.5. The fourth-order valence-electron chi connectivity index (χ4n) is 2.17. The number of ether oxygens (including phenoxy) is 1. The average molecular weight is 354 g/mol. The first-order chi connectivity index (χ1) is 9.78. The molecule has 0 saturated heterocycles. The Morgan fingerprint density at radius 1 is 1.40 bits per heavy atom. The van der Waals surface area contributed by atoms with E-state index in [9.17, 15) is 0 Å². The van der Waals surface area contributed by atoms with Crippen molar-refractivity contribution < 1.29 is 4.74 Å². The van der Waals surface area contributed by atoms with Gasteiger partial charge in [0.2, 0.25) is 0 Å². The van der Waals surface area contributed by atoms with Gasteiger partial charge in [-0.05, 0) is 34.5 Å². The summed E-state index contributed by atoms with van der Waals surface area (Å²) < 4.78 is 6.64. The Balaban J connectivity index is 2.03. The molecule has 2 aromatic rings. The number of fused-ring (bicyclic) bond motifs is 1. The van der Waals surface area contributed by atoms with Crippen molar-refractivity contribution in [2.24, 2.45) is 0 Å². The van der Waals surface area contributed by atoms with Crippen LogP contribution in [0.3, 0.4) is 0 Å². The highest BCUT2D eigenvalue weighted by Crippen LogP contribution is 2.32. The minimum absolute atomic E-state index is 0.607. The largest absolute Gasteiger partial charge is 0.376 e. The second-order valence-corrected chi connectivity index (χ2v) is 7.12. The third-order valence-electron chi connectivity index (χ3n) is 3.16. The van der Waals surface area contributed by atoms with Gasteiger partial charge in [-0.1, -0.05) is 6.92 Å². The molecular formula is C14H16BrN3OS. The van der Waals surface area contributed by atoms with Crippen LogP contribution in [0.4, 0.5) is 5.82 Å². The Kier molecular flexibility index (Phi) is 4.33. The van der Waals surface area contributed by atoms with Crippen molar-refractivity contribution in [2.75, 3.05) is 18.5 Å². The zero-order chi connectivity index (χ0) is 13.9. The number of halogens is 1. The van der Waals surface area contributed by atoms with E-state index in [2.05, 4.69) is 34.2 Å². The Hall–Kier alpha value is -0.980. The molecule has 0 spiro atoms. The molecule has 0 unspecified atom stereocenters. The van der Waals surface area contributed by atoms with E-state index >= 15 is 0 Å². The molecule has 2 aromatic heterocycles. The number of nitrogens with one attached hydrogen (secondary N) is 1. The summed E-state index contributed by atoms with van der Waals surface area (Å²) in [5.74, 6) is 1.73. The number of anilines is 1. The smallest absolute Gasteiger partial charge is 0.171 e. The molecule has 3 heterocycles. The lowest BCUT2D eigenvalue weighted by Crippen LogP contribution is -2.17. The van der Waals surface area contributed by atoms with Gasteiger partial charge in [-0.2, -0.15) is 0 Å². The van der Waals surface area contributed by atoms with Crippen molar-refractivity contribution in [3.05, 3.63) is 27.2 Å². The summed E-state index contributed by atoms with van der Waals surface area (Å²) >= 11 is 5.15. The molecule has 1 N–H and O–H groups in total. The molecule has 0 aliphatic carbocycles. The van der Waals surface area contributed by atoms with Crippen LogP contribution in [0.5, 0.6) is 0 Å². The normalized spacial score (nSPS) is 14.1. The molecule has 3 rings (SSSR count). The van der Waals surface area contributed by atoms with E-state index in [-0.39, 0.29) is 0 Å². The molecule has 6 heteroatoms. The van der Waals surface area contributed by atoms with Crippen molar-refractivity contribution in [2.45, 2.75) is 26.4 Å². The van der Waals surface area contributed by atoms with Crippen molar-refractivity contribution in [3.8, 4) is 10.7 Å². The fourth-order valence-corrected chi connectivity index (χ4v) is 3.49. The van der Waals surface area contributed by atoms with Crippen LogP contribution in [0, 0.1) is 0 Å². The molecular weight excluding hydrogens is 338 g/mol. The van der Waals surface area contributed by atoms with Gasteiger partial charge in [-0.15, -0.1) is 11.3 Å². The summed E-state index contributed by atoms with van der Waals surface area (Å²) in [6, 6.07) is 4.09. The van der Waals surface area contributed by atoms with Crippen LogP contribution >= 0.6 is 27.3 Å². The van der Waals surface area contributed by atoms with Gasteiger partial charge >= 0.3 is 0 Å².